The van der Waals surface area contributed by atoms with E-state index in [0.29, 0.717) is 16.8 Å². The molecule has 0 aliphatic heterocycles. The lowest BCUT2D eigenvalue weighted by molar-refractivity contribution is -0.131. The molecule has 0 saturated carbocycles. The van der Waals surface area contributed by atoms with E-state index in [9.17, 15) is 27.1 Å². The summed E-state index contributed by atoms with van der Waals surface area (Å²) in [7, 11) is -4.21. The fourth-order valence-corrected chi connectivity index (χ4v) is 4.86. The van der Waals surface area contributed by atoms with E-state index in [4.69, 9.17) is 6.57 Å². The topological polar surface area (TPSA) is 87.8 Å². The molecule has 0 radical (unpaired) electrons. The third kappa shape index (κ3) is 5.80. The fourth-order valence-electron chi connectivity index (χ4n) is 3.28. The Balaban J connectivity index is 1.96. The number of hydrogen-bond donors (Lipinski definition) is 2. The first-order valence-corrected chi connectivity index (χ1v) is 11.4. The number of hydrogen-bond acceptors (Lipinski definition) is 4. The minimum Gasteiger partial charge on any atom is -0.379 e. The Labute approximate surface area is 190 Å². The average molecular weight is 470 g/mol. The number of anilines is 1. The third-order valence-corrected chi connectivity index (χ3v) is 6.86. The van der Waals surface area contributed by atoms with Gasteiger partial charge in [-0.05, 0) is 66.6 Å². The van der Waals surface area contributed by atoms with Crippen LogP contribution in [0.15, 0.2) is 71.6 Å². The Morgan fingerprint density at radius 2 is 1.61 bits per heavy atom. The number of aliphatic hydroxyl groups is 1. The van der Waals surface area contributed by atoms with Crippen LogP contribution in [-0.4, -0.2) is 30.8 Å². The Morgan fingerprint density at radius 3 is 2.15 bits per heavy atom. The average Bonchev–Trinajstić information content (AvgIpc) is 2.75. The minimum absolute atomic E-state index is 0.258. The van der Waals surface area contributed by atoms with Gasteiger partial charge in [0.25, 0.3) is 5.91 Å². The molecule has 1 atom stereocenters. The summed E-state index contributed by atoms with van der Waals surface area (Å²) in [5.41, 5.74) is -0.862. The van der Waals surface area contributed by atoms with Gasteiger partial charge in [-0.25, -0.2) is 22.0 Å². The van der Waals surface area contributed by atoms with E-state index in [0.717, 1.165) is 36.4 Å². The highest BCUT2D eigenvalue weighted by atomic mass is 32.2. The summed E-state index contributed by atoms with van der Waals surface area (Å²) in [6.45, 7) is 8.78. The van der Waals surface area contributed by atoms with Crippen LogP contribution in [0.25, 0.3) is 4.85 Å². The number of aryl methyl sites for hydroxylation is 1. The second kappa shape index (κ2) is 9.48. The zero-order valence-electron chi connectivity index (χ0n) is 17.5. The predicted octanol–water partition coefficient (Wildman–Crippen LogP) is 4.21. The first-order valence-electron chi connectivity index (χ1n) is 9.77. The van der Waals surface area contributed by atoms with Gasteiger partial charge in [0, 0.05) is 12.1 Å². The maximum Gasteiger partial charge on any atom is 0.257 e. The molecule has 0 spiro atoms. The normalized spacial score (nSPS) is 13.1. The van der Waals surface area contributed by atoms with Crippen LogP contribution in [0.3, 0.4) is 0 Å². The van der Waals surface area contributed by atoms with Crippen LogP contribution in [0.4, 0.5) is 20.2 Å². The molecule has 0 bridgehead atoms. The number of benzene rings is 3. The molecule has 3 aromatic carbocycles. The van der Waals surface area contributed by atoms with Gasteiger partial charge in [0.1, 0.15) is 11.6 Å². The van der Waals surface area contributed by atoms with Gasteiger partial charge < -0.3 is 10.4 Å². The number of nitrogens with one attached hydrogen (secondary N) is 1. The highest BCUT2D eigenvalue weighted by molar-refractivity contribution is 7.91. The molecular formula is C24H20F2N2O4S. The van der Waals surface area contributed by atoms with Crippen molar-refractivity contribution < 1.29 is 27.1 Å². The zero-order valence-corrected chi connectivity index (χ0v) is 18.4. The Morgan fingerprint density at radius 1 is 1.03 bits per heavy atom. The standard InChI is InChI=1S/C24H20F2N2O4S/c1-16-13-20(9-12-22(16)27-2)28-23(29)24(30,14-17-3-5-18(25)6-4-17)15-33(31,32)21-10-7-19(26)8-11-21/h3-13,30H,14-15H2,1H3,(H,28,29)/t24-/m0/s1. The smallest absolute Gasteiger partial charge is 0.257 e. The van der Waals surface area contributed by atoms with Gasteiger partial charge in [0.05, 0.1) is 17.2 Å². The van der Waals surface area contributed by atoms with E-state index in [1.807, 2.05) is 0 Å². The Kier molecular flexibility index (Phi) is 6.91. The van der Waals surface area contributed by atoms with Gasteiger partial charge in [-0.1, -0.05) is 18.2 Å². The van der Waals surface area contributed by atoms with Crippen LogP contribution in [0, 0.1) is 25.1 Å². The largest absolute Gasteiger partial charge is 0.379 e. The van der Waals surface area contributed by atoms with Crippen molar-refractivity contribution in [1.82, 2.24) is 0 Å². The minimum atomic E-state index is -4.21. The van der Waals surface area contributed by atoms with Gasteiger partial charge >= 0.3 is 0 Å². The third-order valence-electron chi connectivity index (χ3n) is 5.01. The molecule has 3 aromatic rings. The van der Waals surface area contributed by atoms with Crippen molar-refractivity contribution in [3.05, 3.63) is 101 Å². The summed E-state index contributed by atoms with van der Waals surface area (Å²) in [6, 6.07) is 13.5. The van der Waals surface area contributed by atoms with Gasteiger partial charge in [-0.15, -0.1) is 0 Å². The lowest BCUT2D eigenvalue weighted by Crippen LogP contribution is -2.50. The summed E-state index contributed by atoms with van der Waals surface area (Å²) in [5.74, 6) is -3.14. The van der Waals surface area contributed by atoms with Crippen LogP contribution < -0.4 is 5.32 Å². The lowest BCUT2D eigenvalue weighted by atomic mass is 9.95. The number of nitrogens with zero attached hydrogens (tertiary/aromatic N) is 1. The monoisotopic (exact) mass is 470 g/mol. The molecule has 0 heterocycles. The molecule has 1 amide bonds. The van der Waals surface area contributed by atoms with E-state index in [-0.39, 0.29) is 10.6 Å². The number of carbonyl (C=O) groups is 1. The van der Waals surface area contributed by atoms with Crippen molar-refractivity contribution in [2.45, 2.75) is 23.8 Å². The van der Waals surface area contributed by atoms with Crippen LogP contribution in [0.1, 0.15) is 11.1 Å². The van der Waals surface area contributed by atoms with E-state index in [2.05, 4.69) is 10.2 Å². The van der Waals surface area contributed by atoms with E-state index in [1.54, 1.807) is 6.92 Å². The molecule has 0 aromatic heterocycles. The molecule has 2 N–H and O–H groups in total. The fraction of sp³-hybridized carbons (Fsp3) is 0.167. The number of rotatable bonds is 7. The Hall–Kier alpha value is -3.61. The second-order valence-corrected chi connectivity index (χ2v) is 9.60. The van der Waals surface area contributed by atoms with Crippen LogP contribution in [-0.2, 0) is 21.1 Å². The van der Waals surface area contributed by atoms with E-state index in [1.165, 1.54) is 30.3 Å². The molecule has 0 unspecified atom stereocenters. The highest BCUT2D eigenvalue weighted by Crippen LogP contribution is 2.26. The SMILES string of the molecule is [C-]#[N+]c1ccc(NC(=O)[C@](O)(Cc2ccc(F)cc2)CS(=O)(=O)c2ccc(F)cc2)cc1C. The molecule has 0 saturated heterocycles. The van der Waals surface area contributed by atoms with Crippen molar-refractivity contribution in [2.75, 3.05) is 11.1 Å². The maximum atomic E-state index is 13.3. The second-order valence-electron chi connectivity index (χ2n) is 7.62. The first kappa shape index (κ1) is 24.0. The van der Waals surface area contributed by atoms with Crippen LogP contribution in [0.5, 0.6) is 0 Å². The Bertz CT molecular complexity index is 1320. The molecule has 170 valence electrons. The quantitative estimate of drug-likeness (QED) is 0.400. The number of carbonyl (C=O) groups excluding carboxylic acids is 1. The molecular weight excluding hydrogens is 450 g/mol. The first-order chi connectivity index (χ1) is 15.5. The summed E-state index contributed by atoms with van der Waals surface area (Å²) >= 11 is 0. The molecule has 3 rings (SSSR count). The summed E-state index contributed by atoms with van der Waals surface area (Å²) in [6.07, 6.45) is -0.418. The number of amides is 1. The van der Waals surface area contributed by atoms with Gasteiger partial charge in [-0.3, -0.25) is 4.79 Å². The van der Waals surface area contributed by atoms with Crippen molar-refractivity contribution in [2.24, 2.45) is 0 Å². The number of sulfone groups is 1. The molecule has 0 aliphatic rings. The summed E-state index contributed by atoms with van der Waals surface area (Å²) in [5, 5.41) is 13.8. The van der Waals surface area contributed by atoms with Gasteiger partial charge in [-0.2, -0.15) is 0 Å². The van der Waals surface area contributed by atoms with Crippen LogP contribution >= 0.6 is 0 Å². The van der Waals surface area contributed by atoms with E-state index >= 15 is 0 Å². The van der Waals surface area contributed by atoms with Crippen molar-refractivity contribution in [1.29, 1.82) is 0 Å². The summed E-state index contributed by atoms with van der Waals surface area (Å²) in [4.78, 5) is 16.2. The van der Waals surface area contributed by atoms with Crippen LogP contribution in [0.2, 0.25) is 0 Å². The van der Waals surface area contributed by atoms with Crippen molar-refractivity contribution in [3.63, 3.8) is 0 Å². The predicted molar refractivity (Wildman–Crippen MR) is 120 cm³/mol. The maximum absolute atomic E-state index is 13.3. The molecule has 9 heteroatoms. The van der Waals surface area contributed by atoms with E-state index < -0.39 is 45.2 Å². The van der Waals surface area contributed by atoms with Crippen molar-refractivity contribution in [3.8, 4) is 0 Å². The van der Waals surface area contributed by atoms with Gasteiger partial charge in [0.2, 0.25) is 0 Å². The van der Waals surface area contributed by atoms with Crippen molar-refractivity contribution >= 4 is 27.1 Å². The highest BCUT2D eigenvalue weighted by Gasteiger charge is 2.41. The summed E-state index contributed by atoms with van der Waals surface area (Å²) < 4.78 is 52.4. The molecule has 0 fully saturated rings. The number of halogens is 2. The van der Waals surface area contributed by atoms with Gasteiger partial charge in [0.15, 0.2) is 21.1 Å². The zero-order chi connectivity index (χ0) is 24.2. The molecule has 33 heavy (non-hydrogen) atoms. The molecule has 6 nitrogen and oxygen atoms in total. The molecule has 0 aliphatic carbocycles. The lowest BCUT2D eigenvalue weighted by Gasteiger charge is -2.27.